The molecule has 3 aromatic rings. The van der Waals surface area contributed by atoms with Gasteiger partial charge in [0.25, 0.3) is 11.8 Å². The van der Waals surface area contributed by atoms with E-state index in [4.69, 9.17) is 0 Å². The lowest BCUT2D eigenvalue weighted by Crippen LogP contribution is -2.24. The van der Waals surface area contributed by atoms with Gasteiger partial charge in [0.2, 0.25) is 0 Å². The number of carbonyl (C=O) groups is 3. The summed E-state index contributed by atoms with van der Waals surface area (Å²) >= 11 is 0. The normalized spacial score (nSPS) is 10.5. The molecule has 0 bridgehead atoms. The number of hydrogen-bond donors (Lipinski definition) is 3. The molecule has 3 aromatic carbocycles. The molecule has 0 aliphatic carbocycles. The first-order valence-electron chi connectivity index (χ1n) is 11.1. The van der Waals surface area contributed by atoms with E-state index in [9.17, 15) is 19.5 Å². The number of rotatable bonds is 10. The molecule has 0 aliphatic rings. The minimum absolute atomic E-state index is 0.128. The van der Waals surface area contributed by atoms with Crippen LogP contribution in [0.4, 0.5) is 5.69 Å². The average molecular weight is 445 g/mol. The van der Waals surface area contributed by atoms with Crippen LogP contribution in [-0.4, -0.2) is 29.4 Å². The highest BCUT2D eigenvalue weighted by atomic mass is 16.4. The lowest BCUT2D eigenvalue weighted by molar-refractivity contribution is 0.0697. The largest absolute Gasteiger partial charge is 0.478 e. The van der Waals surface area contributed by atoms with Gasteiger partial charge in [0.15, 0.2) is 0 Å². The van der Waals surface area contributed by atoms with Crippen LogP contribution in [0.3, 0.4) is 0 Å². The van der Waals surface area contributed by atoms with E-state index in [1.165, 1.54) is 6.07 Å². The number of unbranched alkanes of at least 4 members (excludes halogenated alkanes) is 3. The maximum absolute atomic E-state index is 13.0. The van der Waals surface area contributed by atoms with Gasteiger partial charge in [0, 0.05) is 23.4 Å². The van der Waals surface area contributed by atoms with Gasteiger partial charge in [-0.3, -0.25) is 9.59 Å². The summed E-state index contributed by atoms with van der Waals surface area (Å²) in [6, 6.07) is 20.2. The molecule has 0 unspecified atom stereocenters. The third-order valence-electron chi connectivity index (χ3n) is 5.34. The fourth-order valence-corrected chi connectivity index (χ4v) is 3.58. The van der Waals surface area contributed by atoms with Gasteiger partial charge in [-0.15, -0.1) is 0 Å². The fourth-order valence-electron chi connectivity index (χ4n) is 3.58. The van der Waals surface area contributed by atoms with Gasteiger partial charge in [0.05, 0.1) is 5.56 Å². The smallest absolute Gasteiger partial charge is 0.336 e. The van der Waals surface area contributed by atoms with E-state index in [1.54, 1.807) is 66.7 Å². The molecular formula is C27H28N2O4. The number of carboxylic acids is 1. The van der Waals surface area contributed by atoms with Crippen LogP contribution in [0.2, 0.25) is 0 Å². The number of amides is 2. The monoisotopic (exact) mass is 444 g/mol. The average Bonchev–Trinajstić information content (AvgIpc) is 2.84. The molecule has 6 nitrogen and oxygen atoms in total. The van der Waals surface area contributed by atoms with E-state index >= 15 is 0 Å². The summed E-state index contributed by atoms with van der Waals surface area (Å²) in [7, 11) is 0. The van der Waals surface area contributed by atoms with Gasteiger partial charge in [-0.1, -0.05) is 62.6 Å². The van der Waals surface area contributed by atoms with Gasteiger partial charge in [-0.25, -0.2) is 4.79 Å². The minimum atomic E-state index is -1.06. The van der Waals surface area contributed by atoms with Crippen LogP contribution in [0.15, 0.2) is 72.8 Å². The molecule has 0 heterocycles. The Morgan fingerprint density at radius 1 is 0.727 bits per heavy atom. The Kier molecular flexibility index (Phi) is 8.36. The zero-order valence-electron chi connectivity index (χ0n) is 18.6. The van der Waals surface area contributed by atoms with Gasteiger partial charge in [-0.2, -0.15) is 0 Å². The Balaban J connectivity index is 1.71. The third kappa shape index (κ3) is 6.29. The van der Waals surface area contributed by atoms with Crippen molar-refractivity contribution in [3.05, 3.63) is 89.5 Å². The molecule has 3 rings (SSSR count). The van der Waals surface area contributed by atoms with E-state index in [1.807, 2.05) is 0 Å². The third-order valence-corrected chi connectivity index (χ3v) is 5.34. The summed E-state index contributed by atoms with van der Waals surface area (Å²) in [4.78, 5) is 36.9. The summed E-state index contributed by atoms with van der Waals surface area (Å²) in [5, 5.41) is 15.3. The summed E-state index contributed by atoms with van der Waals surface area (Å²) in [5.74, 6) is -1.56. The number of nitrogens with one attached hydrogen (secondary N) is 2. The lowest BCUT2D eigenvalue weighted by atomic mass is 9.95. The fraction of sp³-hybridized carbons (Fsp3) is 0.222. The maximum atomic E-state index is 13.0. The van der Waals surface area contributed by atoms with Crippen LogP contribution < -0.4 is 10.6 Å². The van der Waals surface area contributed by atoms with Gasteiger partial charge in [0.1, 0.15) is 0 Å². The van der Waals surface area contributed by atoms with E-state index in [0.717, 1.165) is 25.7 Å². The van der Waals surface area contributed by atoms with E-state index in [2.05, 4.69) is 17.6 Å². The first kappa shape index (κ1) is 23.7. The van der Waals surface area contributed by atoms with E-state index in [0.29, 0.717) is 34.5 Å². The molecule has 0 spiro atoms. The molecule has 3 N–H and O–H groups in total. The molecule has 0 aromatic heterocycles. The Hall–Kier alpha value is -3.93. The number of hydrogen-bond acceptors (Lipinski definition) is 3. The number of anilines is 1. The number of benzene rings is 3. The topological polar surface area (TPSA) is 95.5 Å². The summed E-state index contributed by atoms with van der Waals surface area (Å²) in [6.45, 7) is 2.79. The quantitative estimate of drug-likeness (QED) is 0.354. The van der Waals surface area contributed by atoms with Crippen LogP contribution in [0.1, 0.15) is 63.7 Å². The molecule has 0 radical (unpaired) electrons. The Bertz CT molecular complexity index is 1120. The SMILES string of the molecule is CCCCCCNC(=O)c1ccc(NC(=O)c2ccccc2-c2ccccc2C(=O)O)cc1. The van der Waals surface area contributed by atoms with Crippen molar-refractivity contribution in [2.75, 3.05) is 11.9 Å². The predicted molar refractivity (Wildman–Crippen MR) is 130 cm³/mol. The first-order valence-corrected chi connectivity index (χ1v) is 11.1. The molecule has 0 saturated carbocycles. The van der Waals surface area contributed by atoms with Gasteiger partial charge in [-0.05, 0) is 53.9 Å². The molecule has 170 valence electrons. The summed E-state index contributed by atoms with van der Waals surface area (Å²) < 4.78 is 0. The van der Waals surface area contributed by atoms with Crippen LogP contribution in [0.5, 0.6) is 0 Å². The van der Waals surface area contributed by atoms with Crippen molar-refractivity contribution >= 4 is 23.5 Å². The standard InChI is InChI=1S/C27H28N2O4/c1-2-3-4-9-18-28-25(30)19-14-16-20(17-15-19)29-26(31)23-12-7-5-10-21(23)22-11-6-8-13-24(22)27(32)33/h5-8,10-17H,2-4,9,18H2,1H3,(H,28,30)(H,29,31)(H,32,33). The van der Waals surface area contributed by atoms with Crippen molar-refractivity contribution in [2.24, 2.45) is 0 Å². The summed E-state index contributed by atoms with van der Waals surface area (Å²) in [6.07, 6.45) is 4.37. The molecule has 33 heavy (non-hydrogen) atoms. The Labute approximate surface area is 193 Å². The second kappa shape index (κ2) is 11.6. The van der Waals surface area contributed by atoms with Gasteiger partial charge >= 0.3 is 5.97 Å². The van der Waals surface area contributed by atoms with E-state index < -0.39 is 5.97 Å². The molecule has 2 amide bonds. The molecular weight excluding hydrogens is 416 g/mol. The highest BCUT2D eigenvalue weighted by molar-refractivity contribution is 6.10. The molecule has 0 saturated heterocycles. The molecule has 6 heteroatoms. The Morgan fingerprint density at radius 2 is 1.33 bits per heavy atom. The van der Waals surface area contributed by atoms with Gasteiger partial charge < -0.3 is 15.7 Å². The van der Waals surface area contributed by atoms with Crippen molar-refractivity contribution in [1.29, 1.82) is 0 Å². The van der Waals surface area contributed by atoms with Crippen molar-refractivity contribution in [3.63, 3.8) is 0 Å². The molecule has 0 atom stereocenters. The second-order valence-corrected chi connectivity index (χ2v) is 7.74. The number of carbonyl (C=O) groups excluding carboxylic acids is 2. The van der Waals surface area contributed by atoms with Crippen molar-refractivity contribution in [2.45, 2.75) is 32.6 Å². The molecule has 0 fully saturated rings. The zero-order chi connectivity index (χ0) is 23.6. The van der Waals surface area contributed by atoms with Crippen molar-refractivity contribution in [1.82, 2.24) is 5.32 Å². The lowest BCUT2D eigenvalue weighted by Gasteiger charge is -2.13. The van der Waals surface area contributed by atoms with Crippen molar-refractivity contribution < 1.29 is 19.5 Å². The first-order chi connectivity index (χ1) is 16.0. The second-order valence-electron chi connectivity index (χ2n) is 7.74. The zero-order valence-corrected chi connectivity index (χ0v) is 18.6. The highest BCUT2D eigenvalue weighted by Gasteiger charge is 2.17. The van der Waals surface area contributed by atoms with E-state index in [-0.39, 0.29) is 17.4 Å². The van der Waals surface area contributed by atoms with Crippen LogP contribution in [0.25, 0.3) is 11.1 Å². The predicted octanol–water partition coefficient (Wildman–Crippen LogP) is 5.61. The van der Waals surface area contributed by atoms with Crippen molar-refractivity contribution in [3.8, 4) is 11.1 Å². The van der Waals surface area contributed by atoms with Crippen LogP contribution >= 0.6 is 0 Å². The Morgan fingerprint density at radius 3 is 1.97 bits per heavy atom. The number of carboxylic acid groups (broad SMARTS) is 1. The van der Waals surface area contributed by atoms with Crippen LogP contribution in [0, 0.1) is 0 Å². The minimum Gasteiger partial charge on any atom is -0.478 e. The van der Waals surface area contributed by atoms with Crippen LogP contribution in [-0.2, 0) is 0 Å². The number of aromatic carboxylic acids is 1. The highest BCUT2D eigenvalue weighted by Crippen LogP contribution is 2.28. The summed E-state index contributed by atoms with van der Waals surface area (Å²) in [5.41, 5.74) is 2.57. The molecule has 0 aliphatic heterocycles. The maximum Gasteiger partial charge on any atom is 0.336 e.